The van der Waals surface area contributed by atoms with Gasteiger partial charge in [-0.05, 0) is 13.0 Å². The fourth-order valence-electron chi connectivity index (χ4n) is 1.13. The average Bonchev–Trinajstić information content (AvgIpc) is 2.14. The van der Waals surface area contributed by atoms with Gasteiger partial charge in [-0.2, -0.15) is 0 Å². The molecule has 0 aliphatic heterocycles. The van der Waals surface area contributed by atoms with Crippen molar-refractivity contribution < 1.29 is 17.9 Å². The summed E-state index contributed by atoms with van der Waals surface area (Å²) in [5, 5.41) is 0. The van der Waals surface area contributed by atoms with Gasteiger partial charge in [0.2, 0.25) is 0 Å². The van der Waals surface area contributed by atoms with Crippen molar-refractivity contribution in [3.05, 3.63) is 29.6 Å². The van der Waals surface area contributed by atoms with Crippen LogP contribution in [0.2, 0.25) is 0 Å². The molecular formula is C10H12F3NO. The van der Waals surface area contributed by atoms with Crippen molar-refractivity contribution in [2.45, 2.75) is 19.4 Å². The molecule has 0 bridgehead atoms. The van der Waals surface area contributed by atoms with Crippen LogP contribution < -0.4 is 10.5 Å². The molecule has 0 fully saturated rings. The van der Waals surface area contributed by atoms with Gasteiger partial charge < -0.3 is 10.5 Å². The van der Waals surface area contributed by atoms with Crippen LogP contribution in [0.15, 0.2) is 18.2 Å². The lowest BCUT2D eigenvalue weighted by molar-refractivity contribution is 0.0817. The molecule has 0 saturated heterocycles. The van der Waals surface area contributed by atoms with Gasteiger partial charge in [-0.1, -0.05) is 6.07 Å². The summed E-state index contributed by atoms with van der Waals surface area (Å²) in [4.78, 5) is 0. The molecule has 1 unspecified atom stereocenters. The van der Waals surface area contributed by atoms with E-state index < -0.39 is 24.9 Å². The molecule has 1 aromatic rings. The largest absolute Gasteiger partial charge is 0.488 e. The predicted molar refractivity (Wildman–Crippen MR) is 50.5 cm³/mol. The number of halogens is 3. The Bertz CT molecular complexity index is 328. The highest BCUT2D eigenvalue weighted by molar-refractivity contribution is 5.30. The molecule has 84 valence electrons. The van der Waals surface area contributed by atoms with Crippen LogP contribution in [-0.2, 0) is 0 Å². The number of alkyl halides is 2. The summed E-state index contributed by atoms with van der Waals surface area (Å²) in [5.74, 6) is -0.464. The first kappa shape index (κ1) is 11.8. The molecule has 0 spiro atoms. The van der Waals surface area contributed by atoms with Crippen molar-refractivity contribution >= 4 is 0 Å². The Morgan fingerprint density at radius 2 is 2.07 bits per heavy atom. The molecule has 1 atom stereocenters. The summed E-state index contributed by atoms with van der Waals surface area (Å²) >= 11 is 0. The molecular weight excluding hydrogens is 207 g/mol. The highest BCUT2D eigenvalue weighted by atomic mass is 19.3. The number of nitrogens with two attached hydrogens (primary N) is 1. The zero-order valence-electron chi connectivity index (χ0n) is 8.21. The minimum atomic E-state index is -2.57. The molecule has 0 heterocycles. The van der Waals surface area contributed by atoms with E-state index in [0.29, 0.717) is 5.56 Å². The zero-order valence-corrected chi connectivity index (χ0v) is 8.21. The lowest BCUT2D eigenvalue weighted by Crippen LogP contribution is -2.09. The molecule has 2 N–H and O–H groups in total. The van der Waals surface area contributed by atoms with E-state index in [-0.39, 0.29) is 5.75 Å². The number of benzene rings is 1. The summed E-state index contributed by atoms with van der Waals surface area (Å²) < 4.78 is 41.5. The van der Waals surface area contributed by atoms with Crippen molar-refractivity contribution in [3.8, 4) is 5.75 Å². The summed E-state index contributed by atoms with van der Waals surface area (Å²) in [5.41, 5.74) is 5.82. The number of hydrogen-bond donors (Lipinski definition) is 1. The molecule has 1 aromatic carbocycles. The third kappa shape index (κ3) is 3.43. The van der Waals surface area contributed by atoms with Crippen LogP contribution in [0.3, 0.4) is 0 Å². The Morgan fingerprint density at radius 1 is 1.40 bits per heavy atom. The highest BCUT2D eigenvalue weighted by Gasteiger charge is 2.09. The highest BCUT2D eigenvalue weighted by Crippen LogP contribution is 2.20. The molecule has 5 heteroatoms. The van der Waals surface area contributed by atoms with E-state index in [0.717, 1.165) is 6.07 Å². The Labute approximate surface area is 85.8 Å². The van der Waals surface area contributed by atoms with Crippen LogP contribution in [0.1, 0.15) is 18.5 Å². The monoisotopic (exact) mass is 219 g/mol. The fourth-order valence-corrected chi connectivity index (χ4v) is 1.13. The zero-order chi connectivity index (χ0) is 11.4. The number of hydrogen-bond acceptors (Lipinski definition) is 2. The van der Waals surface area contributed by atoms with Crippen LogP contribution >= 0.6 is 0 Å². The van der Waals surface area contributed by atoms with Crippen LogP contribution in [0, 0.1) is 5.82 Å². The van der Waals surface area contributed by atoms with Crippen molar-refractivity contribution in [2.24, 2.45) is 5.73 Å². The molecule has 15 heavy (non-hydrogen) atoms. The van der Waals surface area contributed by atoms with E-state index in [9.17, 15) is 13.2 Å². The SMILES string of the molecule is CC(N)c1ccc(OCC(F)F)cc1F. The quantitative estimate of drug-likeness (QED) is 0.844. The first-order valence-corrected chi connectivity index (χ1v) is 4.46. The van der Waals surface area contributed by atoms with Crippen molar-refractivity contribution in [3.63, 3.8) is 0 Å². The van der Waals surface area contributed by atoms with Gasteiger partial charge in [0.25, 0.3) is 6.43 Å². The standard InChI is InChI=1S/C10H12F3NO/c1-6(14)8-3-2-7(4-9(8)11)15-5-10(12)13/h2-4,6,10H,5,14H2,1H3. The van der Waals surface area contributed by atoms with Crippen molar-refractivity contribution in [1.82, 2.24) is 0 Å². The first-order chi connectivity index (χ1) is 7.00. The fraction of sp³-hybridized carbons (Fsp3) is 0.400. The van der Waals surface area contributed by atoms with E-state index in [2.05, 4.69) is 4.74 Å². The normalized spacial score (nSPS) is 12.9. The summed E-state index contributed by atoms with van der Waals surface area (Å²) in [6, 6.07) is 3.47. The lowest BCUT2D eigenvalue weighted by Gasteiger charge is -2.10. The molecule has 0 amide bonds. The second-order valence-corrected chi connectivity index (χ2v) is 3.17. The van der Waals surface area contributed by atoms with Gasteiger partial charge in [0, 0.05) is 17.7 Å². The molecule has 0 aromatic heterocycles. The van der Waals surface area contributed by atoms with Crippen molar-refractivity contribution in [1.29, 1.82) is 0 Å². The molecule has 2 nitrogen and oxygen atoms in total. The molecule has 0 aliphatic rings. The third-order valence-corrected chi connectivity index (χ3v) is 1.84. The van der Waals surface area contributed by atoms with Gasteiger partial charge >= 0.3 is 0 Å². The Kier molecular flexibility index (Phi) is 3.96. The first-order valence-electron chi connectivity index (χ1n) is 4.46. The molecule has 1 rings (SSSR count). The van der Waals surface area contributed by atoms with E-state index in [4.69, 9.17) is 5.73 Å². The van der Waals surface area contributed by atoms with Crippen LogP contribution in [0.5, 0.6) is 5.75 Å². The van der Waals surface area contributed by atoms with Gasteiger partial charge in [-0.15, -0.1) is 0 Å². The van der Waals surface area contributed by atoms with Gasteiger partial charge in [0.15, 0.2) is 0 Å². The number of ether oxygens (including phenoxy) is 1. The Balaban J connectivity index is 2.73. The van der Waals surface area contributed by atoms with Crippen LogP contribution in [-0.4, -0.2) is 13.0 Å². The maximum absolute atomic E-state index is 13.3. The van der Waals surface area contributed by atoms with E-state index >= 15 is 0 Å². The number of rotatable bonds is 4. The minimum Gasteiger partial charge on any atom is -0.488 e. The summed E-state index contributed by atoms with van der Waals surface area (Å²) in [6.07, 6.45) is -2.57. The van der Waals surface area contributed by atoms with E-state index in [1.807, 2.05) is 0 Å². The maximum atomic E-state index is 13.3. The predicted octanol–water partition coefficient (Wildman–Crippen LogP) is 2.49. The molecule has 0 radical (unpaired) electrons. The summed E-state index contributed by atoms with van der Waals surface area (Å²) in [6.45, 7) is 0.898. The Hall–Kier alpha value is -1.23. The second kappa shape index (κ2) is 5.02. The lowest BCUT2D eigenvalue weighted by atomic mass is 10.1. The smallest absolute Gasteiger partial charge is 0.272 e. The maximum Gasteiger partial charge on any atom is 0.272 e. The minimum absolute atomic E-state index is 0.0807. The van der Waals surface area contributed by atoms with E-state index in [1.165, 1.54) is 12.1 Å². The van der Waals surface area contributed by atoms with Gasteiger partial charge in [0.05, 0.1) is 0 Å². The summed E-state index contributed by atoms with van der Waals surface area (Å²) in [7, 11) is 0. The van der Waals surface area contributed by atoms with Crippen LogP contribution in [0.4, 0.5) is 13.2 Å². The average molecular weight is 219 g/mol. The van der Waals surface area contributed by atoms with Crippen molar-refractivity contribution in [2.75, 3.05) is 6.61 Å². The molecule has 0 aliphatic carbocycles. The topological polar surface area (TPSA) is 35.2 Å². The molecule has 0 saturated carbocycles. The van der Waals surface area contributed by atoms with Gasteiger partial charge in [-0.25, -0.2) is 13.2 Å². The van der Waals surface area contributed by atoms with E-state index in [1.54, 1.807) is 6.92 Å². The van der Waals surface area contributed by atoms with Gasteiger partial charge in [-0.3, -0.25) is 0 Å². The third-order valence-electron chi connectivity index (χ3n) is 1.84. The van der Waals surface area contributed by atoms with Gasteiger partial charge in [0.1, 0.15) is 18.2 Å². The second-order valence-electron chi connectivity index (χ2n) is 3.17. The Morgan fingerprint density at radius 3 is 2.53 bits per heavy atom. The van der Waals surface area contributed by atoms with Crippen LogP contribution in [0.25, 0.3) is 0 Å².